The molecule has 10 heteroatoms. The van der Waals surface area contributed by atoms with Gasteiger partial charge in [0.15, 0.2) is 0 Å². The smallest absolute Gasteiger partial charge is 0.308 e. The molecule has 1 saturated heterocycles. The molecule has 37 heavy (non-hydrogen) atoms. The molecule has 0 radical (unpaired) electrons. The van der Waals surface area contributed by atoms with Gasteiger partial charge in [-0.1, -0.05) is 35.3 Å². The fraction of sp³-hybridized carbons (Fsp3) is 0.111. The van der Waals surface area contributed by atoms with Crippen LogP contribution in [0.15, 0.2) is 66.2 Å². The maximum atomic E-state index is 13.4. The van der Waals surface area contributed by atoms with Crippen LogP contribution in [0.2, 0.25) is 10.0 Å². The number of halogens is 2. The number of aliphatic hydroxyl groups is 1. The molecule has 1 fully saturated rings. The SMILES string of the molecule is COc1c(Cl)cc(Cl)cc1/C(O)=C1\C(=O)C(=O)N(c2ccc(C#N)cc2)C1c1cccc(OC(C)=O)c1. The van der Waals surface area contributed by atoms with E-state index < -0.39 is 29.5 Å². The van der Waals surface area contributed by atoms with Crippen LogP contribution in [0.4, 0.5) is 5.69 Å². The Kier molecular flexibility index (Phi) is 7.21. The minimum Gasteiger partial charge on any atom is -0.507 e. The van der Waals surface area contributed by atoms with Crippen molar-refractivity contribution in [3.05, 3.63) is 93.0 Å². The molecular formula is C27H18Cl2N2O6. The Morgan fingerprint density at radius 3 is 2.41 bits per heavy atom. The number of rotatable bonds is 5. The predicted molar refractivity (Wildman–Crippen MR) is 137 cm³/mol. The number of ketones is 1. The normalized spacial score (nSPS) is 16.4. The Balaban J connectivity index is 2.00. The summed E-state index contributed by atoms with van der Waals surface area (Å²) in [6.07, 6.45) is 0. The third kappa shape index (κ3) is 4.87. The lowest BCUT2D eigenvalue weighted by atomic mass is 9.94. The van der Waals surface area contributed by atoms with E-state index in [0.29, 0.717) is 16.8 Å². The highest BCUT2D eigenvalue weighted by Crippen LogP contribution is 2.45. The summed E-state index contributed by atoms with van der Waals surface area (Å²) in [5, 5.41) is 20.8. The van der Waals surface area contributed by atoms with Gasteiger partial charge < -0.3 is 14.6 Å². The van der Waals surface area contributed by atoms with Gasteiger partial charge in [-0.25, -0.2) is 0 Å². The van der Waals surface area contributed by atoms with Crippen LogP contribution in [-0.4, -0.2) is 29.9 Å². The molecule has 3 aromatic carbocycles. The van der Waals surface area contributed by atoms with Crippen molar-refractivity contribution in [2.45, 2.75) is 13.0 Å². The Morgan fingerprint density at radius 2 is 1.78 bits per heavy atom. The number of anilines is 1. The number of benzene rings is 3. The van der Waals surface area contributed by atoms with Gasteiger partial charge in [0.1, 0.15) is 17.3 Å². The molecule has 1 atom stereocenters. The number of carbonyl (C=O) groups excluding carboxylic acids is 3. The number of nitriles is 1. The number of esters is 1. The second-order valence-corrected chi connectivity index (χ2v) is 8.81. The lowest BCUT2D eigenvalue weighted by Crippen LogP contribution is -2.29. The molecule has 186 valence electrons. The van der Waals surface area contributed by atoms with Crippen molar-refractivity contribution in [1.82, 2.24) is 0 Å². The summed E-state index contributed by atoms with van der Waals surface area (Å²) in [5.74, 6) is -2.77. The van der Waals surface area contributed by atoms with Crippen molar-refractivity contribution in [3.8, 4) is 17.6 Å². The zero-order valence-corrected chi connectivity index (χ0v) is 21.0. The van der Waals surface area contributed by atoms with Gasteiger partial charge >= 0.3 is 5.97 Å². The summed E-state index contributed by atoms with van der Waals surface area (Å²) < 4.78 is 10.5. The van der Waals surface area contributed by atoms with E-state index in [1.807, 2.05) is 6.07 Å². The third-order valence-corrected chi connectivity index (χ3v) is 6.12. The van der Waals surface area contributed by atoms with Gasteiger partial charge in [0, 0.05) is 17.6 Å². The molecule has 1 aliphatic rings. The van der Waals surface area contributed by atoms with Crippen LogP contribution in [-0.2, 0) is 14.4 Å². The van der Waals surface area contributed by atoms with Gasteiger partial charge in [-0.15, -0.1) is 0 Å². The highest BCUT2D eigenvalue weighted by molar-refractivity contribution is 6.52. The predicted octanol–water partition coefficient (Wildman–Crippen LogP) is 5.43. The molecule has 1 unspecified atom stereocenters. The van der Waals surface area contributed by atoms with E-state index in [0.717, 1.165) is 0 Å². The number of ether oxygens (including phenoxy) is 2. The maximum Gasteiger partial charge on any atom is 0.308 e. The maximum absolute atomic E-state index is 13.4. The lowest BCUT2D eigenvalue weighted by Gasteiger charge is -2.26. The zero-order valence-electron chi connectivity index (χ0n) is 19.5. The Hall–Kier alpha value is -4.32. The molecular weight excluding hydrogens is 519 g/mol. The Labute approximate surface area is 221 Å². The lowest BCUT2D eigenvalue weighted by molar-refractivity contribution is -0.132. The van der Waals surface area contributed by atoms with Crippen molar-refractivity contribution in [1.29, 1.82) is 5.26 Å². The van der Waals surface area contributed by atoms with E-state index in [4.69, 9.17) is 37.9 Å². The summed E-state index contributed by atoms with van der Waals surface area (Å²) in [7, 11) is 1.33. The van der Waals surface area contributed by atoms with Gasteiger partial charge in [-0.05, 0) is 54.1 Å². The van der Waals surface area contributed by atoms with Gasteiger partial charge in [-0.3, -0.25) is 19.3 Å². The molecule has 1 N–H and O–H groups in total. The number of carbonyl (C=O) groups is 3. The van der Waals surface area contributed by atoms with Crippen molar-refractivity contribution in [2.75, 3.05) is 12.0 Å². The van der Waals surface area contributed by atoms with Crippen LogP contribution in [0, 0.1) is 11.3 Å². The number of methoxy groups -OCH3 is 1. The van der Waals surface area contributed by atoms with Gasteiger partial charge in [0.25, 0.3) is 11.7 Å². The van der Waals surface area contributed by atoms with Crippen molar-refractivity contribution in [2.24, 2.45) is 0 Å². The zero-order chi connectivity index (χ0) is 26.9. The van der Waals surface area contributed by atoms with Crippen LogP contribution in [0.25, 0.3) is 5.76 Å². The first-order valence-electron chi connectivity index (χ1n) is 10.8. The highest BCUT2D eigenvalue weighted by Gasteiger charge is 2.47. The van der Waals surface area contributed by atoms with Crippen LogP contribution in [0.1, 0.15) is 29.7 Å². The van der Waals surface area contributed by atoms with E-state index in [1.54, 1.807) is 18.2 Å². The Bertz CT molecular complexity index is 1510. The highest BCUT2D eigenvalue weighted by atomic mass is 35.5. The number of nitrogens with zero attached hydrogens (tertiary/aromatic N) is 2. The molecule has 1 aliphatic heterocycles. The molecule has 1 heterocycles. The summed E-state index contributed by atoms with van der Waals surface area (Å²) in [4.78, 5) is 39.5. The van der Waals surface area contributed by atoms with Gasteiger partial charge in [0.05, 0.1) is 40.9 Å². The molecule has 1 amide bonds. The fourth-order valence-corrected chi connectivity index (χ4v) is 4.68. The van der Waals surface area contributed by atoms with Crippen molar-refractivity contribution in [3.63, 3.8) is 0 Å². The van der Waals surface area contributed by atoms with Crippen LogP contribution < -0.4 is 14.4 Å². The minimum atomic E-state index is -1.13. The minimum absolute atomic E-state index is 0.0129. The van der Waals surface area contributed by atoms with E-state index in [1.165, 1.54) is 61.4 Å². The largest absolute Gasteiger partial charge is 0.507 e. The van der Waals surface area contributed by atoms with Gasteiger partial charge in [0.2, 0.25) is 0 Å². The van der Waals surface area contributed by atoms with Crippen molar-refractivity contribution >= 4 is 52.3 Å². The number of aliphatic hydroxyl groups excluding tert-OH is 1. The summed E-state index contributed by atoms with van der Waals surface area (Å²) in [6, 6.07) is 15.9. The number of Topliss-reactive ketones (excluding diaryl/α,β-unsaturated/α-hetero) is 1. The molecule has 8 nitrogen and oxygen atoms in total. The summed E-state index contributed by atoms with van der Waals surface area (Å²) in [5.41, 5.74) is 0.784. The second-order valence-electron chi connectivity index (χ2n) is 7.96. The molecule has 0 saturated carbocycles. The monoisotopic (exact) mass is 536 g/mol. The van der Waals surface area contributed by atoms with E-state index in [2.05, 4.69) is 0 Å². The van der Waals surface area contributed by atoms with E-state index >= 15 is 0 Å². The average Bonchev–Trinajstić information content (AvgIpc) is 3.13. The first-order valence-corrected chi connectivity index (χ1v) is 11.5. The summed E-state index contributed by atoms with van der Waals surface area (Å²) >= 11 is 12.4. The fourth-order valence-electron chi connectivity index (χ4n) is 4.11. The third-order valence-electron chi connectivity index (χ3n) is 5.62. The van der Waals surface area contributed by atoms with Crippen LogP contribution >= 0.6 is 23.2 Å². The second kappa shape index (κ2) is 10.3. The van der Waals surface area contributed by atoms with Crippen LogP contribution in [0.5, 0.6) is 11.5 Å². The van der Waals surface area contributed by atoms with Crippen LogP contribution in [0.3, 0.4) is 0 Å². The number of hydrogen-bond acceptors (Lipinski definition) is 7. The number of amides is 1. The van der Waals surface area contributed by atoms with E-state index in [9.17, 15) is 19.5 Å². The molecule has 0 bridgehead atoms. The van der Waals surface area contributed by atoms with Crippen molar-refractivity contribution < 1.29 is 29.0 Å². The first-order chi connectivity index (χ1) is 17.7. The molecule has 0 spiro atoms. The van der Waals surface area contributed by atoms with E-state index in [-0.39, 0.29) is 32.7 Å². The summed E-state index contributed by atoms with van der Waals surface area (Å²) in [6.45, 7) is 1.24. The molecule has 3 aromatic rings. The molecule has 0 aliphatic carbocycles. The average molecular weight is 537 g/mol. The quantitative estimate of drug-likeness (QED) is 0.152. The molecule has 4 rings (SSSR count). The Morgan fingerprint density at radius 1 is 1.08 bits per heavy atom. The number of hydrogen-bond donors (Lipinski definition) is 1. The topological polar surface area (TPSA) is 117 Å². The molecule has 0 aromatic heterocycles. The first kappa shape index (κ1) is 25.8. The van der Waals surface area contributed by atoms with Gasteiger partial charge in [-0.2, -0.15) is 5.26 Å². The standard InChI is InChI=1S/C27H18Cl2N2O6/c1-14(32)37-19-5-3-4-16(10-19)23-22(24(33)20-11-17(28)12-21(29)26(20)36-2)25(34)27(35)31(23)18-8-6-15(13-30)7-9-18/h3-12,23,33H,1-2H3/b24-22+.